The van der Waals surface area contributed by atoms with Crippen LogP contribution in [0.15, 0.2) is 0 Å². The Morgan fingerprint density at radius 2 is 1.48 bits per heavy atom. The van der Waals surface area contributed by atoms with Crippen LogP contribution in [0.3, 0.4) is 0 Å². The normalized spacial score (nSPS) is 38.3. The number of fused-ring (bicyclic) bond motifs is 1. The standard InChI is InChI=1S/C24H34N2O5/c27-20(25-14-24-10-15-7-16(11-24)9-17(8-15)12-24)13-31-21(28)5-6-26-22(29)18-3-1-2-4-19(18)23(26)30/h15-19H,1-14H2,(H,25,27)/t15?,16?,17?,18-,19-,24?/m0/s1. The summed E-state index contributed by atoms with van der Waals surface area (Å²) in [4.78, 5) is 50.5. The molecule has 31 heavy (non-hydrogen) atoms. The molecule has 6 fully saturated rings. The van der Waals surface area contributed by atoms with Gasteiger partial charge in [-0.25, -0.2) is 0 Å². The van der Waals surface area contributed by atoms with Gasteiger partial charge in [0.15, 0.2) is 6.61 Å². The van der Waals surface area contributed by atoms with Crippen LogP contribution < -0.4 is 5.32 Å². The monoisotopic (exact) mass is 430 g/mol. The highest BCUT2D eigenvalue weighted by atomic mass is 16.5. The van der Waals surface area contributed by atoms with Gasteiger partial charge in [-0.05, 0) is 74.5 Å². The summed E-state index contributed by atoms with van der Waals surface area (Å²) in [6.45, 7) is 0.448. The highest BCUT2D eigenvalue weighted by Gasteiger charge is 2.51. The maximum atomic E-state index is 12.5. The van der Waals surface area contributed by atoms with E-state index >= 15 is 0 Å². The van der Waals surface area contributed by atoms with Crippen molar-refractivity contribution in [3.63, 3.8) is 0 Å². The molecule has 0 radical (unpaired) electrons. The Kier molecular flexibility index (Phi) is 5.55. The zero-order chi connectivity index (χ0) is 21.6. The minimum absolute atomic E-state index is 0.0540. The quantitative estimate of drug-likeness (QED) is 0.495. The minimum atomic E-state index is -0.541. The number of likely N-dealkylation sites (tertiary alicyclic amines) is 1. The van der Waals surface area contributed by atoms with Crippen molar-refractivity contribution in [1.82, 2.24) is 10.2 Å². The zero-order valence-corrected chi connectivity index (χ0v) is 18.3. The van der Waals surface area contributed by atoms with Crippen LogP contribution in [-0.2, 0) is 23.9 Å². The van der Waals surface area contributed by atoms with E-state index in [0.717, 1.165) is 43.4 Å². The van der Waals surface area contributed by atoms with Crippen molar-refractivity contribution in [1.29, 1.82) is 0 Å². The molecule has 6 aliphatic rings. The van der Waals surface area contributed by atoms with Gasteiger partial charge in [0, 0.05) is 13.1 Å². The molecule has 3 amide bonds. The molecular formula is C24H34N2O5. The van der Waals surface area contributed by atoms with E-state index in [9.17, 15) is 19.2 Å². The zero-order valence-electron chi connectivity index (χ0n) is 18.3. The first-order valence-electron chi connectivity index (χ1n) is 12.2. The first kappa shape index (κ1) is 21.0. The Labute approximate surface area is 183 Å². The second kappa shape index (κ2) is 8.21. The SMILES string of the molecule is O=C(COC(=O)CCN1C(=O)[C@H]2CCCC[C@@H]2C1=O)NCC12CC3CC(CC(C3)C1)C2. The van der Waals surface area contributed by atoms with Crippen LogP contribution in [0, 0.1) is 35.0 Å². The van der Waals surface area contributed by atoms with Crippen LogP contribution in [0.4, 0.5) is 0 Å². The van der Waals surface area contributed by atoms with Crippen LogP contribution in [0.5, 0.6) is 0 Å². The topological polar surface area (TPSA) is 92.8 Å². The summed E-state index contributed by atoms with van der Waals surface area (Å²) in [5.41, 5.74) is 0.252. The van der Waals surface area contributed by atoms with E-state index in [1.54, 1.807) is 0 Å². The first-order chi connectivity index (χ1) is 14.9. The molecular weight excluding hydrogens is 396 g/mol. The van der Waals surface area contributed by atoms with Gasteiger partial charge in [-0.1, -0.05) is 12.8 Å². The van der Waals surface area contributed by atoms with Gasteiger partial charge < -0.3 is 10.1 Å². The number of hydrogen-bond acceptors (Lipinski definition) is 5. The molecule has 2 atom stereocenters. The van der Waals surface area contributed by atoms with Crippen LogP contribution >= 0.6 is 0 Å². The van der Waals surface area contributed by atoms with Crippen LogP contribution in [0.2, 0.25) is 0 Å². The van der Waals surface area contributed by atoms with E-state index in [-0.39, 0.29) is 54.5 Å². The fourth-order valence-corrected chi connectivity index (χ4v) is 7.72. The lowest BCUT2D eigenvalue weighted by atomic mass is 9.49. The van der Waals surface area contributed by atoms with Crippen molar-refractivity contribution < 1.29 is 23.9 Å². The van der Waals surface area contributed by atoms with E-state index in [0.29, 0.717) is 6.54 Å². The Morgan fingerprint density at radius 1 is 0.935 bits per heavy atom. The minimum Gasteiger partial charge on any atom is -0.456 e. The number of carbonyl (C=O) groups is 4. The Bertz CT molecular complexity index is 719. The van der Waals surface area contributed by atoms with Crippen molar-refractivity contribution in [2.75, 3.05) is 19.7 Å². The van der Waals surface area contributed by atoms with Crippen molar-refractivity contribution in [2.45, 2.75) is 70.6 Å². The number of esters is 1. The Morgan fingerprint density at radius 3 is 2.03 bits per heavy atom. The fraction of sp³-hybridized carbons (Fsp3) is 0.833. The molecule has 4 bridgehead atoms. The van der Waals surface area contributed by atoms with Gasteiger partial charge in [-0.15, -0.1) is 0 Å². The summed E-state index contributed by atoms with van der Waals surface area (Å²) < 4.78 is 5.12. The number of nitrogens with one attached hydrogen (secondary N) is 1. The predicted molar refractivity (Wildman–Crippen MR) is 111 cm³/mol. The molecule has 1 aliphatic heterocycles. The number of nitrogens with zero attached hydrogens (tertiary/aromatic N) is 1. The lowest BCUT2D eigenvalue weighted by Crippen LogP contribution is -2.51. The Hall–Kier alpha value is -1.92. The Balaban J connectivity index is 1.03. The molecule has 0 aromatic rings. The number of carbonyl (C=O) groups excluding carboxylic acids is 4. The second-order valence-electron chi connectivity index (χ2n) is 10.9. The van der Waals surface area contributed by atoms with Crippen molar-refractivity contribution in [3.8, 4) is 0 Å². The average Bonchev–Trinajstić information content (AvgIpc) is 2.98. The van der Waals surface area contributed by atoms with Crippen molar-refractivity contribution >= 4 is 23.7 Å². The largest absolute Gasteiger partial charge is 0.456 e. The predicted octanol–water partition coefficient (Wildman–Crippen LogP) is 2.43. The van der Waals surface area contributed by atoms with Crippen molar-refractivity contribution in [3.05, 3.63) is 0 Å². The molecule has 0 unspecified atom stereocenters. The molecule has 170 valence electrons. The van der Waals surface area contributed by atoms with Crippen molar-refractivity contribution in [2.24, 2.45) is 35.0 Å². The molecule has 0 aromatic carbocycles. The molecule has 0 aromatic heterocycles. The second-order valence-corrected chi connectivity index (χ2v) is 10.9. The lowest BCUT2D eigenvalue weighted by Gasteiger charge is -2.56. The molecule has 5 saturated carbocycles. The third kappa shape index (κ3) is 4.12. The summed E-state index contributed by atoms with van der Waals surface area (Å²) in [6.07, 6.45) is 11.2. The summed E-state index contributed by atoms with van der Waals surface area (Å²) >= 11 is 0. The van der Waals surface area contributed by atoms with Gasteiger partial charge in [0.05, 0.1) is 18.3 Å². The van der Waals surface area contributed by atoms with E-state index in [4.69, 9.17) is 4.74 Å². The van der Waals surface area contributed by atoms with Gasteiger partial charge in [0.2, 0.25) is 11.8 Å². The molecule has 6 rings (SSSR count). The molecule has 1 N–H and O–H groups in total. The van der Waals surface area contributed by atoms with E-state index in [1.807, 2.05) is 0 Å². The van der Waals surface area contributed by atoms with Gasteiger partial charge in [-0.2, -0.15) is 0 Å². The number of amides is 3. The van der Waals surface area contributed by atoms with Gasteiger partial charge in [-0.3, -0.25) is 24.1 Å². The van der Waals surface area contributed by atoms with E-state index in [2.05, 4.69) is 5.32 Å². The van der Waals surface area contributed by atoms with Gasteiger partial charge >= 0.3 is 5.97 Å². The smallest absolute Gasteiger partial charge is 0.308 e. The summed E-state index contributed by atoms with van der Waals surface area (Å²) in [5, 5.41) is 3.01. The van der Waals surface area contributed by atoms with Crippen LogP contribution in [-0.4, -0.2) is 48.3 Å². The lowest BCUT2D eigenvalue weighted by molar-refractivity contribution is -0.150. The number of ether oxygens (including phenoxy) is 1. The van der Waals surface area contributed by atoms with Crippen LogP contribution in [0.25, 0.3) is 0 Å². The first-order valence-corrected chi connectivity index (χ1v) is 12.2. The maximum absolute atomic E-state index is 12.5. The average molecular weight is 431 g/mol. The highest BCUT2D eigenvalue weighted by molar-refractivity contribution is 6.05. The third-order valence-electron chi connectivity index (χ3n) is 8.66. The third-order valence-corrected chi connectivity index (χ3v) is 8.66. The molecule has 7 heteroatoms. The molecule has 0 spiro atoms. The molecule has 7 nitrogen and oxygen atoms in total. The highest BCUT2D eigenvalue weighted by Crippen LogP contribution is 2.59. The summed E-state index contributed by atoms with van der Waals surface area (Å²) in [6, 6.07) is 0. The molecule has 5 aliphatic carbocycles. The van der Waals surface area contributed by atoms with E-state index < -0.39 is 5.97 Å². The fourth-order valence-electron chi connectivity index (χ4n) is 7.72. The number of imide groups is 1. The summed E-state index contributed by atoms with van der Waals surface area (Å²) in [5.74, 6) is 1.01. The summed E-state index contributed by atoms with van der Waals surface area (Å²) in [7, 11) is 0. The van der Waals surface area contributed by atoms with Gasteiger partial charge in [0.25, 0.3) is 5.91 Å². The van der Waals surface area contributed by atoms with Crippen LogP contribution in [0.1, 0.15) is 70.6 Å². The van der Waals surface area contributed by atoms with E-state index in [1.165, 1.54) is 43.4 Å². The number of hydrogen-bond donors (Lipinski definition) is 1. The number of rotatable bonds is 7. The van der Waals surface area contributed by atoms with Gasteiger partial charge in [0.1, 0.15) is 0 Å². The molecule has 1 saturated heterocycles. The maximum Gasteiger partial charge on any atom is 0.308 e. The molecule has 1 heterocycles.